The Morgan fingerprint density at radius 1 is 1.32 bits per heavy atom. The number of carbonyl (C=O) groups is 1. The molecule has 3 rings (SSSR count). The number of aryl methyl sites for hydroxylation is 1. The zero-order valence-electron chi connectivity index (χ0n) is 13.0. The van der Waals surface area contributed by atoms with Crippen LogP contribution in [-0.4, -0.2) is 15.4 Å². The van der Waals surface area contributed by atoms with Crippen LogP contribution in [0.3, 0.4) is 0 Å². The van der Waals surface area contributed by atoms with E-state index in [-0.39, 0.29) is 17.8 Å². The van der Waals surface area contributed by atoms with E-state index in [1.807, 2.05) is 6.92 Å². The number of nitrogens with zero attached hydrogens (tertiary/aromatic N) is 2. The highest BCUT2D eigenvalue weighted by Gasteiger charge is 2.16. The van der Waals surface area contributed by atoms with Crippen molar-refractivity contribution in [2.24, 2.45) is 0 Å². The van der Waals surface area contributed by atoms with E-state index in [0.717, 1.165) is 16.2 Å². The van der Waals surface area contributed by atoms with Crippen molar-refractivity contribution in [3.8, 4) is 0 Å². The Balaban J connectivity index is 1.85. The van der Waals surface area contributed by atoms with Gasteiger partial charge in [0.1, 0.15) is 6.54 Å². The number of oxazole rings is 1. The molecule has 0 bridgehead atoms. The van der Waals surface area contributed by atoms with E-state index in [0.29, 0.717) is 16.2 Å². The molecule has 0 unspecified atom stereocenters. The highest BCUT2D eigenvalue weighted by molar-refractivity contribution is 6.31. The molecular formula is C16H12ClN3O5. The fourth-order valence-corrected chi connectivity index (χ4v) is 2.51. The summed E-state index contributed by atoms with van der Waals surface area (Å²) in [5, 5.41) is 13.9. The van der Waals surface area contributed by atoms with Gasteiger partial charge in [-0.25, -0.2) is 4.79 Å². The smallest absolute Gasteiger partial charge is 0.407 e. The van der Waals surface area contributed by atoms with E-state index >= 15 is 0 Å². The van der Waals surface area contributed by atoms with Crippen molar-refractivity contribution in [3.05, 3.63) is 67.6 Å². The number of rotatable bonds is 4. The van der Waals surface area contributed by atoms with Crippen molar-refractivity contribution in [2.75, 3.05) is 5.32 Å². The van der Waals surface area contributed by atoms with Gasteiger partial charge in [0.05, 0.1) is 16.5 Å². The summed E-state index contributed by atoms with van der Waals surface area (Å²) in [5.74, 6) is -1.23. The van der Waals surface area contributed by atoms with Crippen LogP contribution in [-0.2, 0) is 11.3 Å². The van der Waals surface area contributed by atoms with Gasteiger partial charge < -0.3 is 9.73 Å². The minimum Gasteiger partial charge on any atom is -0.407 e. The van der Waals surface area contributed by atoms with Gasteiger partial charge in [-0.3, -0.25) is 19.5 Å². The molecule has 1 heterocycles. The van der Waals surface area contributed by atoms with Crippen LogP contribution in [0, 0.1) is 17.0 Å². The summed E-state index contributed by atoms with van der Waals surface area (Å²) < 4.78 is 6.08. The van der Waals surface area contributed by atoms with E-state index in [9.17, 15) is 19.7 Å². The summed E-state index contributed by atoms with van der Waals surface area (Å²) in [7, 11) is 0. The lowest BCUT2D eigenvalue weighted by Crippen LogP contribution is -2.24. The van der Waals surface area contributed by atoms with Crippen LogP contribution in [0.2, 0.25) is 5.02 Å². The highest BCUT2D eigenvalue weighted by Crippen LogP contribution is 2.21. The van der Waals surface area contributed by atoms with Crippen molar-refractivity contribution in [2.45, 2.75) is 13.5 Å². The van der Waals surface area contributed by atoms with Crippen molar-refractivity contribution < 1.29 is 14.1 Å². The van der Waals surface area contributed by atoms with Crippen LogP contribution in [0.4, 0.5) is 11.4 Å². The number of nitro benzene ring substituents is 1. The van der Waals surface area contributed by atoms with Gasteiger partial charge in [-0.05, 0) is 30.7 Å². The van der Waals surface area contributed by atoms with Gasteiger partial charge in [0.2, 0.25) is 5.91 Å². The van der Waals surface area contributed by atoms with E-state index in [2.05, 4.69) is 5.32 Å². The topological polar surface area (TPSA) is 107 Å². The molecule has 2 aromatic carbocycles. The molecule has 0 aliphatic carbocycles. The van der Waals surface area contributed by atoms with Crippen molar-refractivity contribution in [1.82, 2.24) is 4.57 Å². The molecule has 3 aromatic rings. The number of aromatic nitrogens is 1. The zero-order chi connectivity index (χ0) is 18.1. The second-order valence-electron chi connectivity index (χ2n) is 5.38. The van der Waals surface area contributed by atoms with Gasteiger partial charge in [0, 0.05) is 16.8 Å². The first-order valence-electron chi connectivity index (χ1n) is 7.19. The number of hydrogen-bond acceptors (Lipinski definition) is 5. The highest BCUT2D eigenvalue weighted by atomic mass is 35.5. The lowest BCUT2D eigenvalue weighted by molar-refractivity contribution is -0.384. The Kier molecular flexibility index (Phi) is 4.28. The largest absolute Gasteiger partial charge is 0.420 e. The van der Waals surface area contributed by atoms with Crippen LogP contribution >= 0.6 is 11.6 Å². The Morgan fingerprint density at radius 2 is 2.08 bits per heavy atom. The number of nitro groups is 1. The van der Waals surface area contributed by atoms with Crippen LogP contribution < -0.4 is 11.1 Å². The number of nitrogens with one attached hydrogen (secondary N) is 1. The van der Waals surface area contributed by atoms with Crippen molar-refractivity contribution >= 4 is 40.0 Å². The summed E-state index contributed by atoms with van der Waals surface area (Å²) in [4.78, 5) is 34.3. The molecule has 0 aliphatic rings. The van der Waals surface area contributed by atoms with Crippen molar-refractivity contribution in [3.63, 3.8) is 0 Å². The zero-order valence-corrected chi connectivity index (χ0v) is 13.7. The maximum atomic E-state index is 12.2. The average molecular weight is 362 g/mol. The first-order chi connectivity index (χ1) is 11.8. The van der Waals surface area contributed by atoms with E-state index in [1.165, 1.54) is 12.1 Å². The Bertz CT molecular complexity index is 1050. The summed E-state index contributed by atoms with van der Waals surface area (Å²) in [6, 6.07) is 8.81. The van der Waals surface area contributed by atoms with Crippen LogP contribution in [0.15, 0.2) is 45.6 Å². The van der Waals surface area contributed by atoms with Crippen molar-refractivity contribution in [1.29, 1.82) is 0 Å². The molecule has 25 heavy (non-hydrogen) atoms. The summed E-state index contributed by atoms with van der Waals surface area (Å²) in [6.07, 6.45) is 0. The Hall–Kier alpha value is -3.13. The molecular weight excluding hydrogens is 350 g/mol. The summed E-state index contributed by atoms with van der Waals surface area (Å²) in [5.41, 5.74) is 1.51. The molecule has 0 atom stereocenters. The van der Waals surface area contributed by atoms with Gasteiger partial charge in [-0.15, -0.1) is 0 Å². The molecule has 0 saturated heterocycles. The van der Waals surface area contributed by atoms with E-state index in [4.69, 9.17) is 16.0 Å². The fourth-order valence-electron chi connectivity index (χ4n) is 2.33. The van der Waals surface area contributed by atoms with E-state index < -0.39 is 16.6 Å². The first kappa shape index (κ1) is 16.7. The monoisotopic (exact) mass is 361 g/mol. The number of benzene rings is 2. The maximum absolute atomic E-state index is 12.2. The summed E-state index contributed by atoms with van der Waals surface area (Å²) in [6.45, 7) is 1.54. The molecule has 0 aliphatic heterocycles. The lowest BCUT2D eigenvalue weighted by Gasteiger charge is -2.07. The van der Waals surface area contributed by atoms with Crippen LogP contribution in [0.1, 0.15) is 5.56 Å². The van der Waals surface area contributed by atoms with Gasteiger partial charge >= 0.3 is 5.76 Å². The minimum atomic E-state index is -0.771. The first-order valence-corrected chi connectivity index (χ1v) is 7.57. The number of hydrogen-bond donors (Lipinski definition) is 1. The van der Waals surface area contributed by atoms with Gasteiger partial charge in [0.25, 0.3) is 5.69 Å². The molecule has 1 aromatic heterocycles. The Morgan fingerprint density at radius 3 is 2.76 bits per heavy atom. The SMILES string of the molecule is Cc1ccc(NC(=O)Cn2c(=O)oc3cc([N+](=O)[O-])ccc32)cc1Cl. The van der Waals surface area contributed by atoms with Crippen LogP contribution in [0.5, 0.6) is 0 Å². The van der Waals surface area contributed by atoms with Gasteiger partial charge in [-0.1, -0.05) is 17.7 Å². The number of amides is 1. The summed E-state index contributed by atoms with van der Waals surface area (Å²) >= 11 is 6.01. The molecule has 9 heteroatoms. The molecule has 0 radical (unpaired) electrons. The molecule has 0 saturated carbocycles. The average Bonchev–Trinajstić information content (AvgIpc) is 2.86. The quantitative estimate of drug-likeness (QED) is 0.567. The predicted molar refractivity (Wildman–Crippen MR) is 91.9 cm³/mol. The van der Waals surface area contributed by atoms with Crippen LogP contribution in [0.25, 0.3) is 11.1 Å². The number of non-ortho nitro benzene ring substituents is 1. The third-order valence-electron chi connectivity index (χ3n) is 3.62. The maximum Gasteiger partial charge on any atom is 0.420 e. The predicted octanol–water partition coefficient (Wildman–Crippen LogP) is 3.10. The number of fused-ring (bicyclic) bond motifs is 1. The molecule has 0 spiro atoms. The Labute approximate surface area is 145 Å². The molecule has 1 N–H and O–H groups in total. The van der Waals surface area contributed by atoms with Gasteiger partial charge in [0.15, 0.2) is 5.58 Å². The standard InChI is InChI=1S/C16H12ClN3O5/c1-9-2-3-10(6-12(9)17)18-15(21)8-19-13-5-4-11(20(23)24)7-14(13)25-16(19)22/h2-7H,8H2,1H3,(H,18,21). The molecule has 0 fully saturated rings. The van der Waals surface area contributed by atoms with Gasteiger partial charge in [-0.2, -0.15) is 0 Å². The molecule has 8 nitrogen and oxygen atoms in total. The number of halogens is 1. The minimum absolute atomic E-state index is 0.0466. The molecule has 1 amide bonds. The lowest BCUT2D eigenvalue weighted by atomic mass is 10.2. The number of anilines is 1. The molecule has 128 valence electrons. The normalized spacial score (nSPS) is 10.8. The fraction of sp³-hybridized carbons (Fsp3) is 0.125. The number of carbonyl (C=O) groups excluding carboxylic acids is 1. The second kappa shape index (κ2) is 6.40. The third kappa shape index (κ3) is 3.38. The third-order valence-corrected chi connectivity index (χ3v) is 4.03. The van der Waals surface area contributed by atoms with E-state index in [1.54, 1.807) is 18.2 Å². The second-order valence-corrected chi connectivity index (χ2v) is 5.78.